The SMILES string of the molecule is CS(=O)(=O)N1CCN(Cc2c(O)ccc3c2O/C(=C\c2n[nH]c4ccccc24)C3=O)CC1. The van der Waals surface area contributed by atoms with Gasteiger partial charge in [0.05, 0.1) is 28.6 Å². The monoisotopic (exact) mass is 454 g/mol. The summed E-state index contributed by atoms with van der Waals surface area (Å²) in [4.78, 5) is 15.0. The van der Waals surface area contributed by atoms with Crippen molar-refractivity contribution in [3.63, 3.8) is 0 Å². The number of sulfonamides is 1. The standard InChI is InChI=1S/C22H22N4O5S/c1-32(29,30)26-10-8-25(9-11-26)13-16-19(27)7-6-15-21(28)20(31-22(15)16)12-18-14-4-2-3-5-17(14)23-24-18/h2-7,12,27H,8-11,13H2,1H3,(H,23,24)/b20-12-. The van der Waals surface area contributed by atoms with E-state index in [1.54, 1.807) is 12.1 Å². The number of ether oxygens (including phenoxy) is 1. The molecule has 5 rings (SSSR count). The molecule has 0 saturated carbocycles. The van der Waals surface area contributed by atoms with Gasteiger partial charge in [0.2, 0.25) is 15.8 Å². The zero-order valence-corrected chi connectivity index (χ0v) is 18.2. The van der Waals surface area contributed by atoms with Gasteiger partial charge in [-0.1, -0.05) is 18.2 Å². The van der Waals surface area contributed by atoms with Crippen molar-refractivity contribution in [3.05, 3.63) is 59.0 Å². The molecule has 2 aliphatic rings. The largest absolute Gasteiger partial charge is 0.507 e. The lowest BCUT2D eigenvalue weighted by atomic mass is 10.0. The number of hydrogen-bond acceptors (Lipinski definition) is 7. The van der Waals surface area contributed by atoms with Gasteiger partial charge < -0.3 is 9.84 Å². The molecule has 0 amide bonds. The molecule has 0 radical (unpaired) electrons. The third-order valence-electron chi connectivity index (χ3n) is 5.87. The number of H-pyrrole nitrogens is 1. The average Bonchev–Trinajstić information content (AvgIpc) is 3.32. The first-order valence-corrected chi connectivity index (χ1v) is 12.1. The van der Waals surface area contributed by atoms with E-state index < -0.39 is 10.0 Å². The van der Waals surface area contributed by atoms with Crippen LogP contribution in [0.25, 0.3) is 17.0 Å². The number of phenols is 1. The van der Waals surface area contributed by atoms with E-state index in [9.17, 15) is 18.3 Å². The number of carbonyl (C=O) groups is 1. The molecular formula is C22H22N4O5S. The number of nitrogens with zero attached hydrogens (tertiary/aromatic N) is 3. The van der Waals surface area contributed by atoms with Crippen molar-refractivity contribution in [2.75, 3.05) is 32.4 Å². The first-order chi connectivity index (χ1) is 15.3. The molecule has 3 aromatic rings. The molecule has 3 heterocycles. The van der Waals surface area contributed by atoms with Gasteiger partial charge in [-0.15, -0.1) is 0 Å². The second-order valence-corrected chi connectivity index (χ2v) is 9.95. The average molecular weight is 455 g/mol. The van der Waals surface area contributed by atoms with Crippen LogP contribution in [0, 0.1) is 0 Å². The van der Waals surface area contributed by atoms with Crippen molar-refractivity contribution in [2.45, 2.75) is 6.54 Å². The molecular weight excluding hydrogens is 432 g/mol. The zero-order chi connectivity index (χ0) is 22.5. The highest BCUT2D eigenvalue weighted by molar-refractivity contribution is 7.88. The number of benzene rings is 2. The Labute approximate surface area is 185 Å². The van der Waals surface area contributed by atoms with Crippen LogP contribution in [0.15, 0.2) is 42.2 Å². The van der Waals surface area contributed by atoms with Gasteiger partial charge in [-0.3, -0.25) is 14.8 Å². The number of carbonyl (C=O) groups excluding carboxylic acids is 1. The van der Waals surface area contributed by atoms with Gasteiger partial charge in [-0.2, -0.15) is 9.40 Å². The number of allylic oxidation sites excluding steroid dienone is 1. The number of ketones is 1. The van der Waals surface area contributed by atoms with Crippen molar-refractivity contribution in [1.82, 2.24) is 19.4 Å². The highest BCUT2D eigenvalue weighted by Crippen LogP contribution is 2.40. The lowest BCUT2D eigenvalue weighted by Gasteiger charge is -2.33. The summed E-state index contributed by atoms with van der Waals surface area (Å²) < 4.78 is 30.9. The van der Waals surface area contributed by atoms with Crippen molar-refractivity contribution < 1.29 is 23.1 Å². The van der Waals surface area contributed by atoms with Crippen LogP contribution >= 0.6 is 0 Å². The number of nitrogens with one attached hydrogen (secondary N) is 1. The van der Waals surface area contributed by atoms with Crippen molar-refractivity contribution in [3.8, 4) is 11.5 Å². The molecule has 2 aromatic carbocycles. The van der Waals surface area contributed by atoms with Crippen LogP contribution < -0.4 is 4.74 Å². The molecule has 9 nitrogen and oxygen atoms in total. The number of hydrogen-bond donors (Lipinski definition) is 2. The predicted octanol–water partition coefficient (Wildman–Crippen LogP) is 1.96. The van der Waals surface area contributed by atoms with Crippen molar-refractivity contribution in [2.24, 2.45) is 0 Å². The van der Waals surface area contributed by atoms with Crippen molar-refractivity contribution >= 4 is 32.8 Å². The highest BCUT2D eigenvalue weighted by Gasteiger charge is 2.33. The predicted molar refractivity (Wildman–Crippen MR) is 119 cm³/mol. The Balaban J connectivity index is 1.41. The van der Waals surface area contributed by atoms with Gasteiger partial charge in [0.15, 0.2) is 5.76 Å². The quantitative estimate of drug-likeness (QED) is 0.579. The van der Waals surface area contributed by atoms with Crippen LogP contribution in [-0.4, -0.2) is 71.1 Å². The van der Waals surface area contributed by atoms with E-state index in [2.05, 4.69) is 10.2 Å². The fourth-order valence-electron chi connectivity index (χ4n) is 4.11. The molecule has 10 heteroatoms. The summed E-state index contributed by atoms with van der Waals surface area (Å²) >= 11 is 0. The maximum atomic E-state index is 13.0. The lowest BCUT2D eigenvalue weighted by molar-refractivity contribution is 0.101. The number of aromatic nitrogens is 2. The summed E-state index contributed by atoms with van der Waals surface area (Å²) in [6.45, 7) is 2.15. The van der Waals surface area contributed by atoms with E-state index in [1.165, 1.54) is 16.6 Å². The molecule has 0 spiro atoms. The van der Waals surface area contributed by atoms with Gasteiger partial charge in [0.25, 0.3) is 0 Å². The number of Topliss-reactive ketones (excluding diaryl/α,β-unsaturated/α-hetero) is 1. The first kappa shape index (κ1) is 20.7. The molecule has 0 unspecified atom stereocenters. The van der Waals surface area contributed by atoms with Crippen LogP contribution in [0.1, 0.15) is 21.6 Å². The fourth-order valence-corrected chi connectivity index (χ4v) is 4.94. The highest BCUT2D eigenvalue weighted by atomic mass is 32.2. The minimum absolute atomic E-state index is 0.0357. The Kier molecular flexibility index (Phi) is 5.00. The Morgan fingerprint density at radius 3 is 2.66 bits per heavy atom. The van der Waals surface area contributed by atoms with Crippen molar-refractivity contribution in [1.29, 1.82) is 0 Å². The zero-order valence-electron chi connectivity index (χ0n) is 17.4. The third-order valence-corrected chi connectivity index (χ3v) is 7.17. The van der Waals surface area contributed by atoms with E-state index in [0.29, 0.717) is 55.3 Å². The van der Waals surface area contributed by atoms with E-state index in [-0.39, 0.29) is 17.3 Å². The van der Waals surface area contributed by atoms with Gasteiger partial charge in [-0.25, -0.2) is 8.42 Å². The Morgan fingerprint density at radius 1 is 1.16 bits per heavy atom. The molecule has 1 aromatic heterocycles. The van der Waals surface area contributed by atoms with E-state index in [0.717, 1.165) is 10.9 Å². The van der Waals surface area contributed by atoms with Gasteiger partial charge in [-0.05, 0) is 18.2 Å². The molecule has 0 atom stereocenters. The van der Waals surface area contributed by atoms with Crippen LogP contribution in [0.3, 0.4) is 0 Å². The number of piperazine rings is 1. The second-order valence-electron chi connectivity index (χ2n) is 7.97. The van der Waals surface area contributed by atoms with Crippen LogP contribution in [0.4, 0.5) is 0 Å². The minimum atomic E-state index is -3.22. The number of fused-ring (bicyclic) bond motifs is 2. The van der Waals surface area contributed by atoms with Gasteiger partial charge >= 0.3 is 0 Å². The third kappa shape index (κ3) is 3.66. The first-order valence-electron chi connectivity index (χ1n) is 10.2. The molecule has 2 N–H and O–H groups in total. The molecule has 1 saturated heterocycles. The number of aromatic hydroxyl groups is 1. The molecule has 1 fully saturated rings. The number of phenolic OH excluding ortho intramolecular Hbond substituents is 1. The molecule has 2 aliphatic heterocycles. The molecule has 32 heavy (non-hydrogen) atoms. The van der Waals surface area contributed by atoms with Gasteiger partial charge in [0, 0.05) is 44.2 Å². The lowest BCUT2D eigenvalue weighted by Crippen LogP contribution is -2.47. The van der Waals surface area contributed by atoms with Gasteiger partial charge in [0.1, 0.15) is 11.5 Å². The Hall–Kier alpha value is -3.21. The fraction of sp³-hybridized carbons (Fsp3) is 0.273. The van der Waals surface area contributed by atoms with E-state index >= 15 is 0 Å². The summed E-state index contributed by atoms with van der Waals surface area (Å²) in [5.74, 6) is 0.251. The molecule has 0 bridgehead atoms. The number of aromatic amines is 1. The summed E-state index contributed by atoms with van der Waals surface area (Å²) in [5, 5.41) is 18.6. The van der Waals surface area contributed by atoms with Crippen LogP contribution in [-0.2, 0) is 16.6 Å². The summed E-state index contributed by atoms with van der Waals surface area (Å²) in [6.07, 6.45) is 2.81. The number of para-hydroxylation sites is 1. The van der Waals surface area contributed by atoms with Crippen LogP contribution in [0.5, 0.6) is 11.5 Å². The number of rotatable bonds is 4. The smallest absolute Gasteiger partial charge is 0.232 e. The van der Waals surface area contributed by atoms with E-state index in [1.807, 2.05) is 29.2 Å². The second kappa shape index (κ2) is 7.73. The summed E-state index contributed by atoms with van der Waals surface area (Å²) in [5.41, 5.74) is 2.35. The molecule has 166 valence electrons. The van der Waals surface area contributed by atoms with E-state index in [4.69, 9.17) is 4.74 Å². The Bertz CT molecular complexity index is 1350. The van der Waals surface area contributed by atoms with Crippen LogP contribution in [0.2, 0.25) is 0 Å². The Morgan fingerprint density at radius 2 is 1.91 bits per heavy atom. The maximum Gasteiger partial charge on any atom is 0.232 e. The summed E-state index contributed by atoms with van der Waals surface area (Å²) in [6, 6.07) is 10.7. The minimum Gasteiger partial charge on any atom is -0.507 e. The summed E-state index contributed by atoms with van der Waals surface area (Å²) in [7, 11) is -3.22. The topological polar surface area (TPSA) is 116 Å². The normalized spacial score (nSPS) is 18.9. The molecule has 0 aliphatic carbocycles. The maximum absolute atomic E-state index is 13.0.